The van der Waals surface area contributed by atoms with Crippen molar-refractivity contribution >= 4 is 5.97 Å². The zero-order chi connectivity index (χ0) is 13.6. The smallest absolute Gasteiger partial charge is 0.325 e. The van der Waals surface area contributed by atoms with E-state index in [1.807, 2.05) is 14.0 Å². The number of hydrogen-bond acceptors (Lipinski definition) is 4. The van der Waals surface area contributed by atoms with E-state index in [0.717, 1.165) is 32.0 Å². The summed E-state index contributed by atoms with van der Waals surface area (Å²) >= 11 is 0. The Kier molecular flexibility index (Phi) is 6.09. The van der Waals surface area contributed by atoms with Crippen molar-refractivity contribution in [1.82, 2.24) is 10.2 Å². The fraction of sp³-hybridized carbons (Fsp3) is 0.929. The number of ether oxygens (including phenoxy) is 1. The van der Waals surface area contributed by atoms with Gasteiger partial charge in [-0.2, -0.15) is 0 Å². The molecular weight excluding hydrogens is 228 g/mol. The highest BCUT2D eigenvalue weighted by atomic mass is 16.5. The maximum Gasteiger partial charge on any atom is 0.325 e. The van der Waals surface area contributed by atoms with E-state index in [0.29, 0.717) is 0 Å². The highest BCUT2D eigenvalue weighted by Gasteiger charge is 2.32. The zero-order valence-electron chi connectivity index (χ0n) is 12.3. The largest absolute Gasteiger partial charge is 0.468 e. The first-order valence-electron chi connectivity index (χ1n) is 7.01. The minimum atomic E-state index is -0.563. The van der Waals surface area contributed by atoms with E-state index in [4.69, 9.17) is 4.74 Å². The van der Waals surface area contributed by atoms with E-state index in [9.17, 15) is 4.79 Å². The number of likely N-dealkylation sites (N-methyl/N-ethyl adjacent to an activating group) is 1. The zero-order valence-corrected chi connectivity index (χ0v) is 12.3. The Morgan fingerprint density at radius 1 is 1.44 bits per heavy atom. The lowest BCUT2D eigenvalue weighted by Crippen LogP contribution is -2.50. The second kappa shape index (κ2) is 7.10. The SMILES string of the molecule is CNC(C)(CCN1CCCC(C)CC1)C(=O)OC. The van der Waals surface area contributed by atoms with Crippen molar-refractivity contribution in [3.63, 3.8) is 0 Å². The van der Waals surface area contributed by atoms with Crippen molar-refractivity contribution in [2.45, 2.75) is 45.1 Å². The van der Waals surface area contributed by atoms with Crippen LogP contribution in [-0.2, 0) is 9.53 Å². The Hall–Kier alpha value is -0.610. The van der Waals surface area contributed by atoms with Gasteiger partial charge in [0.1, 0.15) is 5.54 Å². The van der Waals surface area contributed by atoms with E-state index in [1.165, 1.54) is 26.4 Å². The Morgan fingerprint density at radius 2 is 2.17 bits per heavy atom. The van der Waals surface area contributed by atoms with Gasteiger partial charge in [0.15, 0.2) is 0 Å². The van der Waals surface area contributed by atoms with Gasteiger partial charge < -0.3 is 15.0 Å². The highest BCUT2D eigenvalue weighted by molar-refractivity contribution is 5.80. The number of carbonyl (C=O) groups excluding carboxylic acids is 1. The number of hydrogen-bond donors (Lipinski definition) is 1. The average molecular weight is 256 g/mol. The van der Waals surface area contributed by atoms with Gasteiger partial charge in [0, 0.05) is 6.54 Å². The van der Waals surface area contributed by atoms with Crippen LogP contribution in [0.15, 0.2) is 0 Å². The van der Waals surface area contributed by atoms with Gasteiger partial charge in [-0.3, -0.25) is 4.79 Å². The first kappa shape index (κ1) is 15.4. The lowest BCUT2D eigenvalue weighted by Gasteiger charge is -2.29. The van der Waals surface area contributed by atoms with Crippen LogP contribution in [-0.4, -0.2) is 50.2 Å². The molecule has 1 aliphatic heterocycles. The number of likely N-dealkylation sites (tertiary alicyclic amines) is 1. The van der Waals surface area contributed by atoms with Crippen molar-refractivity contribution in [2.75, 3.05) is 33.8 Å². The molecule has 0 spiro atoms. The Morgan fingerprint density at radius 3 is 2.78 bits per heavy atom. The molecule has 4 nitrogen and oxygen atoms in total. The van der Waals surface area contributed by atoms with E-state index in [2.05, 4.69) is 17.1 Å². The van der Waals surface area contributed by atoms with Crippen LogP contribution in [0.2, 0.25) is 0 Å². The van der Waals surface area contributed by atoms with Crippen molar-refractivity contribution in [3.05, 3.63) is 0 Å². The number of esters is 1. The van der Waals surface area contributed by atoms with Crippen molar-refractivity contribution in [3.8, 4) is 0 Å². The third-order valence-corrected chi connectivity index (χ3v) is 4.23. The molecule has 0 amide bonds. The summed E-state index contributed by atoms with van der Waals surface area (Å²) in [7, 11) is 3.27. The minimum Gasteiger partial charge on any atom is -0.468 e. The van der Waals surface area contributed by atoms with Crippen molar-refractivity contribution in [1.29, 1.82) is 0 Å². The van der Waals surface area contributed by atoms with E-state index < -0.39 is 5.54 Å². The van der Waals surface area contributed by atoms with E-state index in [-0.39, 0.29) is 5.97 Å². The van der Waals surface area contributed by atoms with Gasteiger partial charge in [-0.25, -0.2) is 0 Å². The summed E-state index contributed by atoms with van der Waals surface area (Å²) in [5.74, 6) is 0.666. The van der Waals surface area contributed by atoms with Crippen LogP contribution in [0, 0.1) is 5.92 Å². The summed E-state index contributed by atoms with van der Waals surface area (Å²) in [5.41, 5.74) is -0.563. The second-order valence-electron chi connectivity index (χ2n) is 5.70. The molecule has 0 aromatic carbocycles. The van der Waals surface area contributed by atoms with Crippen LogP contribution in [0.5, 0.6) is 0 Å². The Labute approximate surface area is 111 Å². The molecular formula is C14H28N2O2. The van der Waals surface area contributed by atoms with Gasteiger partial charge in [0.05, 0.1) is 7.11 Å². The van der Waals surface area contributed by atoms with Crippen LogP contribution in [0.4, 0.5) is 0 Å². The standard InChI is InChI=1S/C14H28N2O2/c1-12-6-5-9-16(10-7-12)11-8-14(2,15-3)13(17)18-4/h12,15H,5-11H2,1-4H3. The summed E-state index contributed by atoms with van der Waals surface area (Å²) in [6.07, 6.45) is 4.67. The molecule has 18 heavy (non-hydrogen) atoms. The lowest BCUT2D eigenvalue weighted by atomic mass is 9.98. The lowest BCUT2D eigenvalue weighted by molar-refractivity contribution is -0.148. The predicted octanol–water partition coefficient (Wildman–Crippen LogP) is 1.65. The molecule has 1 fully saturated rings. The quantitative estimate of drug-likeness (QED) is 0.760. The molecule has 1 N–H and O–H groups in total. The molecule has 2 unspecified atom stereocenters. The fourth-order valence-electron chi connectivity index (χ4n) is 2.48. The molecule has 0 aromatic heterocycles. The summed E-state index contributed by atoms with van der Waals surface area (Å²) in [6, 6.07) is 0. The maximum absolute atomic E-state index is 11.8. The maximum atomic E-state index is 11.8. The van der Waals surface area contributed by atoms with Gasteiger partial charge in [-0.05, 0) is 58.7 Å². The van der Waals surface area contributed by atoms with Gasteiger partial charge in [-0.15, -0.1) is 0 Å². The molecule has 1 aliphatic rings. The summed E-state index contributed by atoms with van der Waals surface area (Å²) in [6.45, 7) is 7.52. The molecule has 1 heterocycles. The second-order valence-corrected chi connectivity index (χ2v) is 5.70. The first-order valence-corrected chi connectivity index (χ1v) is 7.01. The van der Waals surface area contributed by atoms with Crippen LogP contribution in [0.3, 0.4) is 0 Å². The number of methoxy groups -OCH3 is 1. The molecule has 0 radical (unpaired) electrons. The van der Waals surface area contributed by atoms with Crippen LogP contribution in [0.25, 0.3) is 0 Å². The number of carbonyl (C=O) groups is 1. The Bertz CT molecular complexity index is 271. The fourth-order valence-corrected chi connectivity index (χ4v) is 2.48. The highest BCUT2D eigenvalue weighted by Crippen LogP contribution is 2.18. The summed E-state index contributed by atoms with van der Waals surface area (Å²) in [4.78, 5) is 14.2. The molecule has 2 atom stereocenters. The molecule has 106 valence electrons. The van der Waals surface area contributed by atoms with Crippen molar-refractivity contribution < 1.29 is 9.53 Å². The van der Waals surface area contributed by atoms with Crippen LogP contribution < -0.4 is 5.32 Å². The minimum absolute atomic E-state index is 0.173. The van der Waals surface area contributed by atoms with Gasteiger partial charge in [-0.1, -0.05) is 6.92 Å². The third kappa shape index (κ3) is 4.25. The number of rotatable bonds is 5. The topological polar surface area (TPSA) is 41.6 Å². The van der Waals surface area contributed by atoms with Gasteiger partial charge in [0.2, 0.25) is 0 Å². The molecule has 0 aliphatic carbocycles. The van der Waals surface area contributed by atoms with E-state index >= 15 is 0 Å². The average Bonchev–Trinajstić information content (AvgIpc) is 2.59. The Balaban J connectivity index is 2.44. The summed E-state index contributed by atoms with van der Waals surface area (Å²) in [5, 5.41) is 3.09. The van der Waals surface area contributed by atoms with Gasteiger partial charge in [0.25, 0.3) is 0 Å². The predicted molar refractivity (Wildman–Crippen MR) is 73.6 cm³/mol. The van der Waals surface area contributed by atoms with Crippen LogP contribution in [0.1, 0.15) is 39.5 Å². The molecule has 1 saturated heterocycles. The molecule has 0 aromatic rings. The van der Waals surface area contributed by atoms with Crippen LogP contribution >= 0.6 is 0 Å². The van der Waals surface area contributed by atoms with Crippen molar-refractivity contribution in [2.24, 2.45) is 5.92 Å². The number of nitrogens with zero attached hydrogens (tertiary/aromatic N) is 1. The molecule has 0 saturated carbocycles. The van der Waals surface area contributed by atoms with Gasteiger partial charge >= 0.3 is 5.97 Å². The normalized spacial score (nSPS) is 25.2. The third-order valence-electron chi connectivity index (χ3n) is 4.23. The first-order chi connectivity index (χ1) is 8.51. The number of nitrogens with one attached hydrogen (secondary N) is 1. The molecule has 1 rings (SSSR count). The summed E-state index contributed by atoms with van der Waals surface area (Å²) < 4.78 is 4.87. The van der Waals surface area contributed by atoms with E-state index in [1.54, 1.807) is 0 Å². The monoisotopic (exact) mass is 256 g/mol. The molecule has 4 heteroatoms. The molecule has 0 bridgehead atoms.